The number of carbonyl (C=O) groups excluding carboxylic acids is 1. The molecule has 0 aliphatic carbocycles. The Morgan fingerprint density at radius 2 is 1.96 bits per heavy atom. The van der Waals surface area contributed by atoms with Gasteiger partial charge >= 0.3 is 0 Å². The van der Waals surface area contributed by atoms with Gasteiger partial charge in [0.25, 0.3) is 5.91 Å². The SMILES string of the molecule is CCc1nc(COc2ccc(C(=O)N3C[C@@H](C)N[C@H](C)C3)cc2)no1. The van der Waals surface area contributed by atoms with E-state index in [1.165, 1.54) is 0 Å². The van der Waals surface area contributed by atoms with Gasteiger partial charge in [0.15, 0.2) is 6.61 Å². The number of ether oxygens (including phenoxy) is 1. The van der Waals surface area contributed by atoms with Crippen LogP contribution in [0.15, 0.2) is 28.8 Å². The van der Waals surface area contributed by atoms with Crippen molar-refractivity contribution in [2.24, 2.45) is 0 Å². The van der Waals surface area contributed by atoms with E-state index in [1.54, 1.807) is 24.3 Å². The molecule has 1 aromatic carbocycles. The molecule has 0 bridgehead atoms. The van der Waals surface area contributed by atoms with Gasteiger partial charge in [0.2, 0.25) is 11.7 Å². The molecule has 1 amide bonds. The van der Waals surface area contributed by atoms with Gasteiger partial charge in [-0.2, -0.15) is 4.98 Å². The van der Waals surface area contributed by atoms with E-state index in [4.69, 9.17) is 9.26 Å². The predicted octanol–water partition coefficient (Wildman–Crippen LogP) is 2.03. The highest BCUT2D eigenvalue weighted by Gasteiger charge is 2.25. The molecule has 134 valence electrons. The number of nitrogens with zero attached hydrogens (tertiary/aromatic N) is 3. The Morgan fingerprint density at radius 3 is 2.56 bits per heavy atom. The fraction of sp³-hybridized carbons (Fsp3) is 0.500. The molecule has 7 heteroatoms. The second-order valence-electron chi connectivity index (χ2n) is 6.45. The number of piperazine rings is 1. The minimum atomic E-state index is 0.0532. The first-order chi connectivity index (χ1) is 12.0. The molecule has 0 spiro atoms. The maximum Gasteiger partial charge on any atom is 0.253 e. The van der Waals surface area contributed by atoms with Gasteiger partial charge in [0, 0.05) is 37.2 Å². The van der Waals surface area contributed by atoms with Crippen LogP contribution in [0.3, 0.4) is 0 Å². The average Bonchev–Trinajstić information content (AvgIpc) is 3.07. The fourth-order valence-electron chi connectivity index (χ4n) is 3.01. The van der Waals surface area contributed by atoms with Gasteiger partial charge in [-0.05, 0) is 38.1 Å². The summed E-state index contributed by atoms with van der Waals surface area (Å²) in [5.41, 5.74) is 0.668. The van der Waals surface area contributed by atoms with Crippen LogP contribution >= 0.6 is 0 Å². The normalized spacial score (nSPS) is 20.5. The highest BCUT2D eigenvalue weighted by molar-refractivity contribution is 5.94. The quantitative estimate of drug-likeness (QED) is 0.894. The van der Waals surface area contributed by atoms with Gasteiger partial charge in [-0.15, -0.1) is 0 Å². The summed E-state index contributed by atoms with van der Waals surface area (Å²) in [7, 11) is 0. The van der Waals surface area contributed by atoms with Gasteiger partial charge in [-0.1, -0.05) is 12.1 Å². The molecule has 0 unspecified atom stereocenters. The Morgan fingerprint density at radius 1 is 1.28 bits per heavy atom. The maximum absolute atomic E-state index is 12.6. The van der Waals surface area contributed by atoms with E-state index in [9.17, 15) is 4.79 Å². The lowest BCUT2D eigenvalue weighted by Crippen LogP contribution is -2.55. The molecule has 1 aliphatic heterocycles. The molecule has 7 nitrogen and oxygen atoms in total. The molecule has 1 aliphatic rings. The average molecular weight is 344 g/mol. The number of hydrogen-bond acceptors (Lipinski definition) is 6. The number of aryl methyl sites for hydroxylation is 1. The minimum Gasteiger partial charge on any atom is -0.485 e. The van der Waals surface area contributed by atoms with Gasteiger partial charge in [0.1, 0.15) is 5.75 Å². The molecule has 3 rings (SSSR count). The van der Waals surface area contributed by atoms with Crippen molar-refractivity contribution in [1.29, 1.82) is 0 Å². The topological polar surface area (TPSA) is 80.5 Å². The number of amides is 1. The zero-order valence-corrected chi connectivity index (χ0v) is 14.9. The number of aromatic nitrogens is 2. The monoisotopic (exact) mass is 344 g/mol. The lowest BCUT2D eigenvalue weighted by molar-refractivity contribution is 0.0673. The molecule has 0 radical (unpaired) electrons. The molecule has 2 aromatic rings. The van der Waals surface area contributed by atoms with Crippen LogP contribution in [0, 0.1) is 0 Å². The Kier molecular flexibility index (Phi) is 5.33. The second-order valence-corrected chi connectivity index (χ2v) is 6.45. The first-order valence-electron chi connectivity index (χ1n) is 8.64. The van der Waals surface area contributed by atoms with Crippen LogP contribution in [0.5, 0.6) is 5.75 Å². The van der Waals surface area contributed by atoms with Crippen molar-refractivity contribution < 1.29 is 14.1 Å². The van der Waals surface area contributed by atoms with Gasteiger partial charge in [-0.3, -0.25) is 4.79 Å². The standard InChI is InChI=1S/C18H24N4O3/c1-4-17-20-16(21-25-17)11-24-15-7-5-14(6-8-15)18(23)22-9-12(2)19-13(3)10-22/h5-8,12-13,19H,4,9-11H2,1-3H3/t12-,13-/m1/s1. The first kappa shape index (κ1) is 17.4. The molecule has 2 heterocycles. The number of carbonyl (C=O) groups is 1. The smallest absolute Gasteiger partial charge is 0.253 e. The molecule has 1 N–H and O–H groups in total. The summed E-state index contributed by atoms with van der Waals surface area (Å²) < 4.78 is 10.7. The Hall–Kier alpha value is -2.41. The number of benzene rings is 1. The first-order valence-corrected chi connectivity index (χ1v) is 8.64. The lowest BCUT2D eigenvalue weighted by atomic mass is 10.1. The zero-order valence-electron chi connectivity index (χ0n) is 14.9. The maximum atomic E-state index is 12.6. The molecule has 1 fully saturated rings. The summed E-state index contributed by atoms with van der Waals surface area (Å²) >= 11 is 0. The third-order valence-electron chi connectivity index (χ3n) is 4.13. The summed E-state index contributed by atoms with van der Waals surface area (Å²) in [4.78, 5) is 18.7. The van der Waals surface area contributed by atoms with E-state index < -0.39 is 0 Å². The fourth-order valence-corrected chi connectivity index (χ4v) is 3.01. The van der Waals surface area contributed by atoms with E-state index in [0.29, 0.717) is 41.5 Å². The van der Waals surface area contributed by atoms with E-state index in [-0.39, 0.29) is 12.5 Å². The van der Waals surface area contributed by atoms with Crippen LogP contribution < -0.4 is 10.1 Å². The Labute approximate surface area is 147 Å². The van der Waals surface area contributed by atoms with Crippen LogP contribution in [0.1, 0.15) is 42.8 Å². The molecule has 0 saturated carbocycles. The van der Waals surface area contributed by atoms with Crippen molar-refractivity contribution in [2.75, 3.05) is 13.1 Å². The van der Waals surface area contributed by atoms with Crippen molar-refractivity contribution in [3.63, 3.8) is 0 Å². The van der Waals surface area contributed by atoms with E-state index >= 15 is 0 Å². The number of nitrogens with one attached hydrogen (secondary N) is 1. The van der Waals surface area contributed by atoms with Gasteiger partial charge in [-0.25, -0.2) is 0 Å². The number of hydrogen-bond donors (Lipinski definition) is 1. The van der Waals surface area contributed by atoms with Crippen LogP contribution in [-0.4, -0.2) is 46.1 Å². The van der Waals surface area contributed by atoms with Gasteiger partial charge < -0.3 is 19.5 Å². The van der Waals surface area contributed by atoms with Crippen LogP contribution in [0.2, 0.25) is 0 Å². The molecular weight excluding hydrogens is 320 g/mol. The summed E-state index contributed by atoms with van der Waals surface area (Å²) in [6, 6.07) is 7.79. The van der Waals surface area contributed by atoms with E-state index in [2.05, 4.69) is 29.3 Å². The highest BCUT2D eigenvalue weighted by Crippen LogP contribution is 2.16. The van der Waals surface area contributed by atoms with Crippen molar-refractivity contribution in [3.05, 3.63) is 41.5 Å². The summed E-state index contributed by atoms with van der Waals surface area (Å²) in [6.07, 6.45) is 0.701. The minimum absolute atomic E-state index is 0.0532. The van der Waals surface area contributed by atoms with Crippen LogP contribution in [0.25, 0.3) is 0 Å². The van der Waals surface area contributed by atoms with E-state index in [1.807, 2.05) is 11.8 Å². The summed E-state index contributed by atoms with van der Waals surface area (Å²) in [5.74, 6) is 1.83. The predicted molar refractivity (Wildman–Crippen MR) is 92.4 cm³/mol. The molecule has 1 saturated heterocycles. The van der Waals surface area contributed by atoms with Crippen molar-refractivity contribution in [3.8, 4) is 5.75 Å². The van der Waals surface area contributed by atoms with Gasteiger partial charge in [0.05, 0.1) is 0 Å². The van der Waals surface area contributed by atoms with Crippen LogP contribution in [0.4, 0.5) is 0 Å². The zero-order chi connectivity index (χ0) is 17.8. The van der Waals surface area contributed by atoms with Crippen molar-refractivity contribution in [1.82, 2.24) is 20.4 Å². The van der Waals surface area contributed by atoms with Crippen molar-refractivity contribution >= 4 is 5.91 Å². The molecular formula is C18H24N4O3. The third-order valence-corrected chi connectivity index (χ3v) is 4.13. The Balaban J connectivity index is 1.58. The van der Waals surface area contributed by atoms with E-state index in [0.717, 1.165) is 13.1 Å². The summed E-state index contributed by atoms with van der Waals surface area (Å²) in [6.45, 7) is 7.82. The largest absolute Gasteiger partial charge is 0.485 e. The molecule has 2 atom stereocenters. The Bertz CT molecular complexity index is 703. The number of rotatable bonds is 5. The van der Waals surface area contributed by atoms with Crippen molar-refractivity contribution in [2.45, 2.75) is 45.9 Å². The molecule has 1 aromatic heterocycles. The lowest BCUT2D eigenvalue weighted by Gasteiger charge is -2.36. The highest BCUT2D eigenvalue weighted by atomic mass is 16.5. The second kappa shape index (κ2) is 7.65. The summed E-state index contributed by atoms with van der Waals surface area (Å²) in [5, 5.41) is 7.27. The molecule has 25 heavy (non-hydrogen) atoms. The van der Waals surface area contributed by atoms with Crippen LogP contribution in [-0.2, 0) is 13.0 Å². The third kappa shape index (κ3) is 4.36.